The van der Waals surface area contributed by atoms with Crippen LogP contribution in [-0.2, 0) is 4.74 Å². The van der Waals surface area contributed by atoms with Gasteiger partial charge in [0, 0.05) is 63.7 Å². The number of ether oxygens (including phenoxy) is 1. The highest BCUT2D eigenvalue weighted by Gasteiger charge is 2.33. The molecule has 0 spiro atoms. The van der Waals surface area contributed by atoms with Crippen LogP contribution in [0.5, 0.6) is 0 Å². The minimum atomic E-state index is 0.270. The largest absolute Gasteiger partial charge is 0.363 e. The van der Waals surface area contributed by atoms with Crippen LogP contribution in [0.4, 0.5) is 11.8 Å². The summed E-state index contributed by atoms with van der Waals surface area (Å²) in [4.78, 5) is 18.2. The van der Waals surface area contributed by atoms with E-state index in [1.165, 1.54) is 37.1 Å². The van der Waals surface area contributed by atoms with E-state index in [1.807, 2.05) is 0 Å². The highest BCUT2D eigenvalue weighted by Crippen LogP contribution is 2.39. The average Bonchev–Trinajstić information content (AvgIpc) is 3.53. The van der Waals surface area contributed by atoms with Crippen molar-refractivity contribution in [3.05, 3.63) is 35.7 Å². The number of nitrogens with zero attached hydrogens (tertiary/aromatic N) is 5. The first kappa shape index (κ1) is 22.6. The van der Waals surface area contributed by atoms with Crippen molar-refractivity contribution in [2.75, 3.05) is 56.7 Å². The van der Waals surface area contributed by atoms with E-state index in [1.54, 1.807) is 11.3 Å². The first-order chi connectivity index (χ1) is 16.2. The summed E-state index contributed by atoms with van der Waals surface area (Å²) < 4.78 is 6.23. The number of piperidine rings is 1. The molecule has 176 valence electrons. The second-order valence-electron chi connectivity index (χ2n) is 9.35. The maximum atomic E-state index is 6.23. The van der Waals surface area contributed by atoms with Gasteiger partial charge in [0.05, 0.1) is 5.39 Å². The quantitative estimate of drug-likeness (QED) is 0.484. The molecule has 0 N–H and O–H groups in total. The van der Waals surface area contributed by atoms with Crippen molar-refractivity contribution >= 4 is 33.3 Å². The van der Waals surface area contributed by atoms with Gasteiger partial charge < -0.3 is 14.5 Å². The molecule has 7 heteroatoms. The van der Waals surface area contributed by atoms with Gasteiger partial charge in [0.15, 0.2) is 0 Å². The summed E-state index contributed by atoms with van der Waals surface area (Å²) in [7, 11) is 4.15. The lowest BCUT2D eigenvalue weighted by Crippen LogP contribution is -2.46. The molecule has 6 nitrogen and oxygen atoms in total. The molecule has 0 aliphatic carbocycles. The number of hydrogen-bond acceptors (Lipinski definition) is 7. The fourth-order valence-electron chi connectivity index (χ4n) is 5.30. The summed E-state index contributed by atoms with van der Waals surface area (Å²) in [6.45, 7) is 7.23. The lowest BCUT2D eigenvalue weighted by Gasteiger charge is -2.39. The van der Waals surface area contributed by atoms with E-state index in [-0.39, 0.29) is 6.23 Å². The normalized spacial score (nSPS) is 18.8. The molecule has 2 fully saturated rings. The number of benzene rings is 1. The van der Waals surface area contributed by atoms with Crippen LogP contribution < -0.4 is 9.80 Å². The van der Waals surface area contributed by atoms with Gasteiger partial charge in [-0.2, -0.15) is 4.98 Å². The van der Waals surface area contributed by atoms with Gasteiger partial charge in [-0.1, -0.05) is 30.3 Å². The van der Waals surface area contributed by atoms with Crippen molar-refractivity contribution in [2.45, 2.75) is 38.8 Å². The number of aromatic nitrogens is 2. The minimum absolute atomic E-state index is 0.270. The topological polar surface area (TPSA) is 44.7 Å². The zero-order valence-electron chi connectivity index (χ0n) is 20.0. The molecule has 5 rings (SSSR count). The monoisotopic (exact) mass is 465 g/mol. The van der Waals surface area contributed by atoms with E-state index in [0.717, 1.165) is 54.5 Å². The number of fused-ring (bicyclic) bond motifs is 1. The lowest BCUT2D eigenvalue weighted by atomic mass is 9.94. The van der Waals surface area contributed by atoms with Crippen molar-refractivity contribution < 1.29 is 4.74 Å². The van der Waals surface area contributed by atoms with E-state index in [9.17, 15) is 0 Å². The Kier molecular flexibility index (Phi) is 6.81. The Morgan fingerprint density at radius 2 is 1.79 bits per heavy atom. The average molecular weight is 466 g/mol. The molecule has 3 aromatic rings. The molecule has 1 atom stereocenters. The summed E-state index contributed by atoms with van der Waals surface area (Å²) in [6, 6.07) is 10.6. The Labute approximate surface area is 201 Å². The van der Waals surface area contributed by atoms with Gasteiger partial charge in [0.1, 0.15) is 16.9 Å². The highest BCUT2D eigenvalue weighted by atomic mass is 32.1. The predicted molar refractivity (Wildman–Crippen MR) is 138 cm³/mol. The number of anilines is 2. The summed E-state index contributed by atoms with van der Waals surface area (Å²) in [6.07, 6.45) is 5.12. The molecule has 1 unspecified atom stereocenters. The molecule has 0 radical (unpaired) electrons. The number of likely N-dealkylation sites (tertiary alicyclic amines) is 1. The molecule has 2 aromatic heterocycles. The van der Waals surface area contributed by atoms with E-state index < -0.39 is 0 Å². The van der Waals surface area contributed by atoms with Crippen molar-refractivity contribution in [3.8, 4) is 11.1 Å². The Morgan fingerprint density at radius 1 is 1.06 bits per heavy atom. The second kappa shape index (κ2) is 9.95. The van der Waals surface area contributed by atoms with Gasteiger partial charge in [0.25, 0.3) is 0 Å². The van der Waals surface area contributed by atoms with Crippen LogP contribution in [0, 0.1) is 5.92 Å². The van der Waals surface area contributed by atoms with Crippen molar-refractivity contribution in [3.63, 3.8) is 0 Å². The van der Waals surface area contributed by atoms with E-state index in [2.05, 4.69) is 71.4 Å². The van der Waals surface area contributed by atoms with E-state index in [0.29, 0.717) is 5.92 Å². The maximum absolute atomic E-state index is 6.23. The minimum Gasteiger partial charge on any atom is -0.363 e. The lowest BCUT2D eigenvalue weighted by molar-refractivity contribution is -0.0858. The molecular weight excluding hydrogens is 430 g/mol. The van der Waals surface area contributed by atoms with E-state index >= 15 is 0 Å². The molecule has 0 saturated carbocycles. The Morgan fingerprint density at radius 3 is 2.45 bits per heavy atom. The molecule has 2 aliphatic heterocycles. The third kappa shape index (κ3) is 4.59. The van der Waals surface area contributed by atoms with Gasteiger partial charge in [-0.25, -0.2) is 4.98 Å². The van der Waals surface area contributed by atoms with Crippen LogP contribution >= 0.6 is 11.3 Å². The molecule has 33 heavy (non-hydrogen) atoms. The Bertz CT molecular complexity index is 1060. The third-order valence-electron chi connectivity index (χ3n) is 6.97. The van der Waals surface area contributed by atoms with Crippen molar-refractivity contribution in [1.82, 2.24) is 14.9 Å². The zero-order valence-corrected chi connectivity index (χ0v) is 20.9. The molecule has 1 aromatic carbocycles. The van der Waals surface area contributed by atoms with Crippen molar-refractivity contribution in [2.24, 2.45) is 5.92 Å². The first-order valence-corrected chi connectivity index (χ1v) is 13.2. The Balaban J connectivity index is 1.38. The van der Waals surface area contributed by atoms with Crippen LogP contribution in [0.2, 0.25) is 0 Å². The maximum Gasteiger partial charge on any atom is 0.228 e. The molecule has 0 bridgehead atoms. The first-order valence-electron chi connectivity index (χ1n) is 12.3. The molecule has 0 amide bonds. The predicted octanol–water partition coefficient (Wildman–Crippen LogP) is 5.10. The van der Waals surface area contributed by atoms with Gasteiger partial charge in [0.2, 0.25) is 5.95 Å². The van der Waals surface area contributed by atoms with Crippen LogP contribution in [0.3, 0.4) is 0 Å². The highest BCUT2D eigenvalue weighted by molar-refractivity contribution is 7.17. The second-order valence-corrected chi connectivity index (χ2v) is 10.2. The summed E-state index contributed by atoms with van der Waals surface area (Å²) in [5.74, 6) is 2.45. The summed E-state index contributed by atoms with van der Waals surface area (Å²) in [5, 5.41) is 3.38. The molecule has 2 saturated heterocycles. The number of hydrogen-bond donors (Lipinski definition) is 0. The fourth-order valence-corrected chi connectivity index (χ4v) is 6.24. The summed E-state index contributed by atoms with van der Waals surface area (Å²) in [5.41, 5.74) is 2.43. The van der Waals surface area contributed by atoms with E-state index in [4.69, 9.17) is 14.7 Å². The van der Waals surface area contributed by atoms with Crippen LogP contribution in [0.25, 0.3) is 21.3 Å². The standard InChI is InChI=1S/C26H35N5OS/c1-4-32-25(30-14-8-9-15-30)20-12-16-31(17-13-20)26-27-23(29(2)3)22-21(18-33-24(22)28-26)19-10-6-5-7-11-19/h5-7,10-11,18,20,25H,4,8-9,12-17H2,1-3H3. The Hall–Kier alpha value is -2.22. The van der Waals surface area contributed by atoms with Crippen molar-refractivity contribution in [1.29, 1.82) is 0 Å². The molecule has 2 aliphatic rings. The smallest absolute Gasteiger partial charge is 0.228 e. The van der Waals surface area contributed by atoms with Gasteiger partial charge >= 0.3 is 0 Å². The molecule has 4 heterocycles. The molecular formula is C26H35N5OS. The van der Waals surface area contributed by atoms with Crippen LogP contribution in [0.1, 0.15) is 32.6 Å². The van der Waals surface area contributed by atoms with Crippen LogP contribution in [0.15, 0.2) is 35.7 Å². The van der Waals surface area contributed by atoms with Gasteiger partial charge in [-0.3, -0.25) is 4.90 Å². The third-order valence-corrected chi connectivity index (χ3v) is 7.85. The summed E-state index contributed by atoms with van der Waals surface area (Å²) >= 11 is 1.72. The van der Waals surface area contributed by atoms with Crippen LogP contribution in [-0.4, -0.2) is 68.0 Å². The van der Waals surface area contributed by atoms with Gasteiger partial charge in [-0.15, -0.1) is 11.3 Å². The number of rotatable bonds is 7. The number of thiophene rings is 1. The SMILES string of the molecule is CCOC(C1CCN(c2nc(N(C)C)c3c(-c4ccccc4)csc3n2)CC1)N1CCCC1. The zero-order chi connectivity index (χ0) is 22.8. The van der Waals surface area contributed by atoms with Gasteiger partial charge in [-0.05, 0) is 38.2 Å². The fraction of sp³-hybridized carbons (Fsp3) is 0.538.